The summed E-state index contributed by atoms with van der Waals surface area (Å²) >= 11 is 0. The van der Waals surface area contributed by atoms with Gasteiger partial charge in [-0.2, -0.15) is 0 Å². The molecular formula is C4H10NO+. The molecule has 0 N–H and O–H groups in total. The Bertz CT molecular complexity index is 85.7. The van der Waals surface area contributed by atoms with Crippen molar-refractivity contribution in [1.29, 1.82) is 0 Å². The Kier molecular flexibility index (Phi) is 1.64. The van der Waals surface area contributed by atoms with E-state index in [4.69, 9.17) is 1.37 Å². The Hall–Kier alpha value is -0.530. The SMILES string of the molecule is [2H][13C](OC)=[N+](C)C. The van der Waals surface area contributed by atoms with Crippen LogP contribution in [0.5, 0.6) is 0 Å². The highest BCUT2D eigenvalue weighted by molar-refractivity contribution is 5.38. The molecule has 0 aromatic carbocycles. The molecule has 0 rings (SSSR count). The summed E-state index contributed by atoms with van der Waals surface area (Å²) in [6.45, 7) is 0. The maximum atomic E-state index is 6.90. The Balaban J connectivity index is 3.72. The van der Waals surface area contributed by atoms with Crippen LogP contribution in [0.4, 0.5) is 0 Å². The number of rotatable bonds is 0. The van der Waals surface area contributed by atoms with Crippen molar-refractivity contribution in [3.8, 4) is 0 Å². The van der Waals surface area contributed by atoms with E-state index in [0.29, 0.717) is 0 Å². The molecule has 0 radical (unpaired) electrons. The second-order valence-electron chi connectivity index (χ2n) is 1.19. The average molecular weight is 90.1 g/mol. The summed E-state index contributed by atoms with van der Waals surface area (Å²) in [6, 6.07) is 0. The first kappa shape index (κ1) is 3.65. The fraction of sp³-hybridized carbons (Fsp3) is 0.750. The molecule has 0 aliphatic rings. The van der Waals surface area contributed by atoms with Crippen LogP contribution < -0.4 is 0 Å². The van der Waals surface area contributed by atoms with Gasteiger partial charge >= 0.3 is 6.38 Å². The molecule has 0 aromatic rings. The fourth-order valence-electron chi connectivity index (χ4n) is 0.183. The second kappa shape index (κ2) is 2.69. The third-order valence-electron chi connectivity index (χ3n) is 0.274. The molecule has 0 unspecified atom stereocenters. The highest BCUT2D eigenvalue weighted by atomic mass is 16.5. The normalized spacial score (nSPS) is 9.50. The van der Waals surface area contributed by atoms with Crippen LogP contribution in [-0.4, -0.2) is 32.2 Å². The van der Waals surface area contributed by atoms with Gasteiger partial charge in [0.25, 0.3) is 0 Å². The molecule has 0 aromatic heterocycles. The van der Waals surface area contributed by atoms with Gasteiger partial charge in [-0.25, -0.2) is 4.58 Å². The number of methoxy groups -OCH3 is 1. The number of hydrogen-bond acceptors (Lipinski definition) is 1. The third-order valence-corrected chi connectivity index (χ3v) is 0.274. The van der Waals surface area contributed by atoms with E-state index in [-0.39, 0.29) is 6.38 Å². The van der Waals surface area contributed by atoms with Crippen LogP contribution in [0, 0.1) is 0 Å². The summed E-state index contributed by atoms with van der Waals surface area (Å²) in [6.07, 6.45) is 0.181. The lowest BCUT2D eigenvalue weighted by atomic mass is 11.2. The topological polar surface area (TPSA) is 12.2 Å². The lowest BCUT2D eigenvalue weighted by Crippen LogP contribution is -1.98. The van der Waals surface area contributed by atoms with Crippen molar-refractivity contribution in [3.63, 3.8) is 0 Å². The van der Waals surface area contributed by atoms with Crippen molar-refractivity contribution < 1.29 is 10.7 Å². The predicted molar refractivity (Wildman–Crippen MR) is 25.2 cm³/mol. The third kappa shape index (κ3) is 3.47. The minimum Gasteiger partial charge on any atom is -0.454 e. The van der Waals surface area contributed by atoms with E-state index in [9.17, 15) is 0 Å². The first-order valence-electron chi connectivity index (χ1n) is 2.23. The molecule has 0 saturated carbocycles. The first-order chi connectivity index (χ1) is 3.18. The van der Waals surface area contributed by atoms with E-state index in [0.717, 1.165) is 0 Å². The van der Waals surface area contributed by atoms with Crippen LogP contribution in [0.25, 0.3) is 0 Å². The summed E-state index contributed by atoms with van der Waals surface area (Å²) in [4.78, 5) is 0. The van der Waals surface area contributed by atoms with Crippen LogP contribution in [0.15, 0.2) is 0 Å². The summed E-state index contributed by atoms with van der Waals surface area (Å²) < 4.78 is 13.0. The molecule has 0 saturated heterocycles. The zero-order valence-electron chi connectivity index (χ0n) is 5.36. The van der Waals surface area contributed by atoms with Crippen molar-refractivity contribution >= 4 is 6.38 Å². The summed E-state index contributed by atoms with van der Waals surface area (Å²) in [5, 5.41) is 0. The molecule has 36 valence electrons. The van der Waals surface area contributed by atoms with Gasteiger partial charge in [-0.05, 0) is 0 Å². The Morgan fingerprint density at radius 1 is 1.83 bits per heavy atom. The molecule has 6 heavy (non-hydrogen) atoms. The van der Waals surface area contributed by atoms with E-state index in [1.54, 1.807) is 18.7 Å². The second-order valence-corrected chi connectivity index (χ2v) is 1.19. The molecule has 0 atom stereocenters. The van der Waals surface area contributed by atoms with Crippen molar-refractivity contribution in [2.75, 3.05) is 21.2 Å². The number of ether oxygens (including phenoxy) is 1. The minimum atomic E-state index is 0.181. The monoisotopic (exact) mass is 90.1 g/mol. The van der Waals surface area contributed by atoms with Gasteiger partial charge in [-0.3, -0.25) is 0 Å². The fourth-order valence-corrected chi connectivity index (χ4v) is 0.183. The van der Waals surface area contributed by atoms with Gasteiger partial charge in [0.1, 0.15) is 14.1 Å². The van der Waals surface area contributed by atoms with E-state index >= 15 is 0 Å². The van der Waals surface area contributed by atoms with Gasteiger partial charge in [-0.15, -0.1) is 0 Å². The van der Waals surface area contributed by atoms with E-state index < -0.39 is 0 Å². The van der Waals surface area contributed by atoms with Crippen molar-refractivity contribution in [3.05, 3.63) is 0 Å². The molecule has 0 fully saturated rings. The van der Waals surface area contributed by atoms with Crippen molar-refractivity contribution in [2.24, 2.45) is 0 Å². The summed E-state index contributed by atoms with van der Waals surface area (Å²) in [5.41, 5.74) is 0. The van der Waals surface area contributed by atoms with Crippen LogP contribution in [0.2, 0.25) is 0 Å². The lowest BCUT2D eigenvalue weighted by Gasteiger charge is -1.80. The van der Waals surface area contributed by atoms with E-state index in [1.165, 1.54) is 7.11 Å². The molecule has 0 amide bonds. The van der Waals surface area contributed by atoms with Crippen LogP contribution in [0.1, 0.15) is 1.37 Å². The van der Waals surface area contributed by atoms with Crippen LogP contribution >= 0.6 is 0 Å². The Labute approximate surface area is 39.5 Å². The van der Waals surface area contributed by atoms with E-state index in [1.807, 2.05) is 0 Å². The van der Waals surface area contributed by atoms with Gasteiger partial charge in [-0.1, -0.05) is 0 Å². The summed E-state index contributed by atoms with van der Waals surface area (Å²) in [7, 11) is 4.99. The number of nitrogens with zero attached hydrogens (tertiary/aromatic N) is 1. The van der Waals surface area contributed by atoms with Gasteiger partial charge in [0, 0.05) is 0 Å². The van der Waals surface area contributed by atoms with Crippen molar-refractivity contribution in [1.82, 2.24) is 0 Å². The standard InChI is InChI=1S/C4H10NO/c1-5(2)4-6-3/h4H,1-3H3/q+1/i4+1D. The molecule has 0 aliphatic carbocycles. The maximum absolute atomic E-state index is 6.90. The summed E-state index contributed by atoms with van der Waals surface area (Å²) in [5.74, 6) is 0. The van der Waals surface area contributed by atoms with E-state index in [2.05, 4.69) is 4.74 Å². The molecule has 0 spiro atoms. The maximum Gasteiger partial charge on any atom is 0.322 e. The van der Waals surface area contributed by atoms with Gasteiger partial charge < -0.3 is 4.74 Å². The average Bonchev–Trinajstić information content (AvgIpc) is 1.65. The van der Waals surface area contributed by atoms with Crippen LogP contribution in [-0.2, 0) is 4.74 Å². The van der Waals surface area contributed by atoms with Crippen LogP contribution in [0.3, 0.4) is 0 Å². The van der Waals surface area contributed by atoms with Gasteiger partial charge in [0.2, 0.25) is 0 Å². The Morgan fingerprint density at radius 2 is 2.33 bits per heavy atom. The highest BCUT2D eigenvalue weighted by Gasteiger charge is 1.72. The van der Waals surface area contributed by atoms with Crippen molar-refractivity contribution in [2.45, 2.75) is 0 Å². The molecule has 0 aliphatic heterocycles. The molecule has 2 nitrogen and oxygen atoms in total. The predicted octanol–water partition coefficient (Wildman–Crippen LogP) is -0.0668. The first-order valence-corrected chi connectivity index (χ1v) is 1.73. The molecule has 0 heterocycles. The van der Waals surface area contributed by atoms with Gasteiger partial charge in [0.15, 0.2) is 1.37 Å². The smallest absolute Gasteiger partial charge is 0.322 e. The zero-order chi connectivity index (χ0) is 5.86. The minimum absolute atomic E-state index is 0.181. The quantitative estimate of drug-likeness (QED) is 0.175. The Morgan fingerprint density at radius 3 is 2.33 bits per heavy atom. The largest absolute Gasteiger partial charge is 0.454 e. The molecular weight excluding hydrogens is 79.0 g/mol. The lowest BCUT2D eigenvalue weighted by molar-refractivity contribution is -0.467. The molecule has 2 heteroatoms. The molecule has 0 bridgehead atoms. The highest BCUT2D eigenvalue weighted by Crippen LogP contribution is 1.50. The number of hydrogen-bond donors (Lipinski definition) is 0. The van der Waals surface area contributed by atoms with Gasteiger partial charge in [0.05, 0.1) is 7.11 Å². The zero-order valence-corrected chi connectivity index (χ0v) is 4.36.